The van der Waals surface area contributed by atoms with Gasteiger partial charge in [0.1, 0.15) is 0 Å². The van der Waals surface area contributed by atoms with Gasteiger partial charge in [-0.2, -0.15) is 0 Å². The van der Waals surface area contributed by atoms with E-state index in [9.17, 15) is 10.1 Å². The molecule has 1 aromatic heterocycles. The molecule has 1 saturated carbocycles. The molecule has 0 aliphatic heterocycles. The van der Waals surface area contributed by atoms with Gasteiger partial charge in [0.2, 0.25) is 0 Å². The fraction of sp³-hybridized carbons (Fsp3) is 0.615. The molecule has 5 nitrogen and oxygen atoms in total. The van der Waals surface area contributed by atoms with Gasteiger partial charge in [-0.25, -0.2) is 0 Å². The van der Waals surface area contributed by atoms with Crippen LogP contribution in [0.2, 0.25) is 0 Å². The van der Waals surface area contributed by atoms with E-state index in [0.717, 1.165) is 18.0 Å². The maximum absolute atomic E-state index is 10.5. The molecule has 1 aliphatic carbocycles. The molecule has 0 aromatic carbocycles. The molecule has 1 fully saturated rings. The highest BCUT2D eigenvalue weighted by Crippen LogP contribution is 2.31. The summed E-state index contributed by atoms with van der Waals surface area (Å²) >= 11 is 0. The van der Waals surface area contributed by atoms with E-state index in [-0.39, 0.29) is 5.82 Å². The Kier molecular flexibility index (Phi) is 3.79. The third-order valence-corrected chi connectivity index (χ3v) is 3.99. The molecule has 0 unspecified atom stereocenters. The molecule has 18 heavy (non-hydrogen) atoms. The topological polar surface area (TPSA) is 68.1 Å². The Balaban J connectivity index is 2.02. The first-order valence-electron chi connectivity index (χ1n) is 6.45. The van der Waals surface area contributed by atoms with E-state index in [1.807, 2.05) is 0 Å². The Morgan fingerprint density at radius 1 is 1.39 bits per heavy atom. The second kappa shape index (κ2) is 5.33. The highest BCUT2D eigenvalue weighted by atomic mass is 16.6. The van der Waals surface area contributed by atoms with Gasteiger partial charge in [0.15, 0.2) is 6.20 Å². The van der Waals surface area contributed by atoms with E-state index in [4.69, 9.17) is 0 Å². The molecule has 98 valence electrons. The molecule has 0 bridgehead atoms. The summed E-state index contributed by atoms with van der Waals surface area (Å²) in [5, 5.41) is 14.0. The number of pyridine rings is 1. The maximum atomic E-state index is 10.5. The summed E-state index contributed by atoms with van der Waals surface area (Å²) in [5.74, 6) is 1.24. The summed E-state index contributed by atoms with van der Waals surface area (Å²) < 4.78 is 0. The molecule has 5 heteroatoms. The Labute approximate surface area is 107 Å². The van der Waals surface area contributed by atoms with Gasteiger partial charge in [-0.1, -0.05) is 26.7 Å². The van der Waals surface area contributed by atoms with Crippen LogP contribution < -0.4 is 5.32 Å². The largest absolute Gasteiger partial charge is 0.379 e. The monoisotopic (exact) mass is 249 g/mol. The van der Waals surface area contributed by atoms with Crippen molar-refractivity contribution in [3.63, 3.8) is 0 Å². The lowest BCUT2D eigenvalue weighted by Crippen LogP contribution is -2.35. The van der Waals surface area contributed by atoms with Crippen LogP contribution in [0.15, 0.2) is 18.3 Å². The number of hydrogen-bond donors (Lipinski definition) is 1. The number of hydrogen-bond acceptors (Lipinski definition) is 4. The third-order valence-electron chi connectivity index (χ3n) is 3.99. The van der Waals surface area contributed by atoms with Crippen LogP contribution in [0.5, 0.6) is 0 Å². The molecule has 1 N–H and O–H groups in total. The Hall–Kier alpha value is -1.65. The van der Waals surface area contributed by atoms with Crippen LogP contribution in [0.25, 0.3) is 0 Å². The van der Waals surface area contributed by atoms with Gasteiger partial charge in [0, 0.05) is 12.1 Å². The summed E-state index contributed by atoms with van der Waals surface area (Å²) in [6.45, 7) is 4.55. The zero-order valence-corrected chi connectivity index (χ0v) is 10.8. The second-order valence-corrected chi connectivity index (χ2v) is 5.18. The minimum Gasteiger partial charge on any atom is -0.379 e. The highest BCUT2D eigenvalue weighted by Gasteiger charge is 2.27. The lowest BCUT2D eigenvalue weighted by Gasteiger charge is -2.34. The summed E-state index contributed by atoms with van der Waals surface area (Å²) in [4.78, 5) is 13.9. The van der Waals surface area contributed by atoms with Crippen molar-refractivity contribution in [2.75, 3.05) is 5.32 Å². The third kappa shape index (κ3) is 2.78. The number of nitrogens with zero attached hydrogens (tertiary/aromatic N) is 2. The van der Waals surface area contributed by atoms with Gasteiger partial charge in [-0.3, -0.25) is 0 Å². The van der Waals surface area contributed by atoms with E-state index >= 15 is 0 Å². The predicted molar refractivity (Wildman–Crippen MR) is 70.5 cm³/mol. The molecule has 1 aliphatic rings. The Morgan fingerprint density at radius 3 is 2.78 bits per heavy atom. The van der Waals surface area contributed by atoms with Crippen molar-refractivity contribution in [2.24, 2.45) is 11.8 Å². The quantitative estimate of drug-likeness (QED) is 0.659. The first-order chi connectivity index (χ1) is 8.58. The number of nitro groups is 1. The van der Waals surface area contributed by atoms with Crippen LogP contribution in [0, 0.1) is 22.0 Å². The number of rotatable bonds is 3. The SMILES string of the molecule is C[C@H]1[C@H](C)CCC[C@@H]1Nc1ccc([N+](=O)[O-])nc1. The Bertz CT molecular complexity index is 419. The van der Waals surface area contributed by atoms with Crippen molar-refractivity contribution in [3.05, 3.63) is 28.4 Å². The van der Waals surface area contributed by atoms with Gasteiger partial charge >= 0.3 is 5.82 Å². The molecule has 3 atom stereocenters. The summed E-state index contributed by atoms with van der Waals surface area (Å²) in [5.41, 5.74) is 0.867. The van der Waals surface area contributed by atoms with Gasteiger partial charge in [-0.15, -0.1) is 0 Å². The molecule has 0 saturated heterocycles. The molecule has 1 heterocycles. The van der Waals surface area contributed by atoms with E-state index in [0.29, 0.717) is 12.0 Å². The van der Waals surface area contributed by atoms with Crippen molar-refractivity contribution in [3.8, 4) is 0 Å². The van der Waals surface area contributed by atoms with Crippen LogP contribution in [-0.4, -0.2) is 15.9 Å². The van der Waals surface area contributed by atoms with Crippen LogP contribution in [-0.2, 0) is 0 Å². The Morgan fingerprint density at radius 2 is 2.17 bits per heavy atom. The van der Waals surface area contributed by atoms with Gasteiger partial charge in [-0.05, 0) is 34.2 Å². The second-order valence-electron chi connectivity index (χ2n) is 5.18. The minimum absolute atomic E-state index is 0.106. The highest BCUT2D eigenvalue weighted by molar-refractivity contribution is 5.44. The standard InChI is InChI=1S/C13H19N3O2/c1-9-4-3-5-12(10(9)2)15-11-6-7-13(14-8-11)16(17)18/h6-10,12,15H,3-5H2,1-2H3/t9-,10+,12+/m1/s1. The fourth-order valence-electron chi connectivity index (χ4n) is 2.58. The molecule has 0 radical (unpaired) electrons. The van der Waals surface area contributed by atoms with E-state index < -0.39 is 4.92 Å². The zero-order chi connectivity index (χ0) is 13.1. The lowest BCUT2D eigenvalue weighted by molar-refractivity contribution is -0.389. The van der Waals surface area contributed by atoms with Crippen molar-refractivity contribution in [1.82, 2.24) is 4.98 Å². The number of anilines is 1. The average molecular weight is 249 g/mol. The van der Waals surface area contributed by atoms with Crippen molar-refractivity contribution in [1.29, 1.82) is 0 Å². The molecular weight excluding hydrogens is 230 g/mol. The van der Waals surface area contributed by atoms with Crippen molar-refractivity contribution in [2.45, 2.75) is 39.2 Å². The van der Waals surface area contributed by atoms with Crippen LogP contribution in [0.3, 0.4) is 0 Å². The average Bonchev–Trinajstić information content (AvgIpc) is 2.36. The van der Waals surface area contributed by atoms with Crippen LogP contribution in [0.1, 0.15) is 33.1 Å². The van der Waals surface area contributed by atoms with Gasteiger partial charge in [0.25, 0.3) is 0 Å². The minimum atomic E-state index is -0.477. The van der Waals surface area contributed by atoms with Crippen LogP contribution in [0.4, 0.5) is 11.5 Å². The van der Waals surface area contributed by atoms with E-state index in [1.54, 1.807) is 12.3 Å². The van der Waals surface area contributed by atoms with E-state index in [2.05, 4.69) is 24.1 Å². The maximum Gasteiger partial charge on any atom is 0.363 e. The van der Waals surface area contributed by atoms with Gasteiger partial charge in [0.05, 0.1) is 5.69 Å². The first-order valence-corrected chi connectivity index (χ1v) is 6.45. The molecule has 2 rings (SSSR count). The first kappa shape index (κ1) is 12.8. The summed E-state index contributed by atoms with van der Waals surface area (Å²) in [6, 6.07) is 3.62. The van der Waals surface area contributed by atoms with Crippen molar-refractivity contribution < 1.29 is 4.92 Å². The van der Waals surface area contributed by atoms with Crippen LogP contribution >= 0.6 is 0 Å². The van der Waals surface area contributed by atoms with E-state index in [1.165, 1.54) is 18.9 Å². The number of nitrogens with one attached hydrogen (secondary N) is 1. The zero-order valence-electron chi connectivity index (χ0n) is 10.8. The summed E-state index contributed by atoms with van der Waals surface area (Å²) in [6.07, 6.45) is 5.23. The molecule has 1 aromatic rings. The van der Waals surface area contributed by atoms with Gasteiger partial charge < -0.3 is 15.4 Å². The van der Waals surface area contributed by atoms with Crippen molar-refractivity contribution >= 4 is 11.5 Å². The predicted octanol–water partition coefficient (Wildman–Crippen LogP) is 3.23. The molecular formula is C13H19N3O2. The normalized spacial score (nSPS) is 27.8. The lowest BCUT2D eigenvalue weighted by atomic mass is 9.78. The smallest absolute Gasteiger partial charge is 0.363 e. The molecule has 0 spiro atoms. The number of aromatic nitrogens is 1. The summed E-state index contributed by atoms with van der Waals surface area (Å²) in [7, 11) is 0. The fourth-order valence-corrected chi connectivity index (χ4v) is 2.58. The molecule has 0 amide bonds.